The molecule has 0 fully saturated rings. The molecule has 1 amide bonds. The first-order chi connectivity index (χ1) is 10.7. The first-order valence-corrected chi connectivity index (χ1v) is 8.80. The van der Waals surface area contributed by atoms with Crippen molar-refractivity contribution >= 4 is 35.0 Å². The summed E-state index contributed by atoms with van der Waals surface area (Å²) in [6.07, 6.45) is 1.67. The van der Waals surface area contributed by atoms with Crippen molar-refractivity contribution in [3.63, 3.8) is 0 Å². The maximum Gasteiger partial charge on any atom is 0.234 e. The molecule has 116 valence electrons. The second-order valence-electron chi connectivity index (χ2n) is 4.92. The first kappa shape index (κ1) is 16.9. The molecule has 0 aliphatic carbocycles. The van der Waals surface area contributed by atoms with Gasteiger partial charge in [-0.25, -0.2) is 0 Å². The molecule has 2 nitrogen and oxygen atoms in total. The van der Waals surface area contributed by atoms with Crippen LogP contribution in [0.15, 0.2) is 47.4 Å². The zero-order valence-corrected chi connectivity index (χ0v) is 14.4. The second kappa shape index (κ2) is 8.25. The van der Waals surface area contributed by atoms with E-state index in [-0.39, 0.29) is 5.91 Å². The molecule has 1 N–H and O–H groups in total. The van der Waals surface area contributed by atoms with Crippen LogP contribution in [0.4, 0.5) is 5.69 Å². The Hall–Kier alpha value is -1.45. The number of nitrogens with one attached hydrogen (secondary N) is 1. The molecule has 0 atom stereocenters. The maximum absolute atomic E-state index is 12.3. The largest absolute Gasteiger partial charge is 0.325 e. The number of halogens is 1. The van der Waals surface area contributed by atoms with Gasteiger partial charge in [0, 0.05) is 15.6 Å². The summed E-state index contributed by atoms with van der Waals surface area (Å²) in [6, 6.07) is 13.8. The summed E-state index contributed by atoms with van der Waals surface area (Å²) < 4.78 is 0. The van der Waals surface area contributed by atoms with E-state index in [1.54, 1.807) is 0 Å². The van der Waals surface area contributed by atoms with E-state index in [1.165, 1.54) is 11.8 Å². The zero-order chi connectivity index (χ0) is 15.9. The van der Waals surface area contributed by atoms with Crippen molar-refractivity contribution in [1.29, 1.82) is 0 Å². The summed E-state index contributed by atoms with van der Waals surface area (Å²) in [7, 11) is 0. The summed E-state index contributed by atoms with van der Waals surface area (Å²) >= 11 is 7.79. The molecular weight excluding hydrogens is 314 g/mol. The van der Waals surface area contributed by atoms with Gasteiger partial charge in [0.05, 0.1) is 5.75 Å². The fraction of sp³-hybridized carbons (Fsp3) is 0.278. The van der Waals surface area contributed by atoms with Gasteiger partial charge in [0.2, 0.25) is 5.91 Å². The number of carbonyl (C=O) groups is 1. The van der Waals surface area contributed by atoms with Gasteiger partial charge < -0.3 is 5.32 Å². The van der Waals surface area contributed by atoms with E-state index >= 15 is 0 Å². The molecule has 22 heavy (non-hydrogen) atoms. The Kier molecular flexibility index (Phi) is 6.34. The molecule has 0 saturated heterocycles. The Morgan fingerprint density at radius 3 is 2.45 bits per heavy atom. The number of anilines is 1. The lowest BCUT2D eigenvalue weighted by molar-refractivity contribution is -0.113. The SMILES string of the molecule is CCc1ccc(Cl)c(CC)c1NC(=O)CSc1ccccc1. The van der Waals surface area contributed by atoms with Gasteiger partial charge in [0.25, 0.3) is 0 Å². The minimum absolute atomic E-state index is 0.000481. The topological polar surface area (TPSA) is 29.1 Å². The molecule has 0 radical (unpaired) electrons. The average Bonchev–Trinajstić information content (AvgIpc) is 2.54. The van der Waals surface area contributed by atoms with Crippen molar-refractivity contribution in [3.05, 3.63) is 58.6 Å². The molecule has 0 bridgehead atoms. The van der Waals surface area contributed by atoms with Gasteiger partial charge in [-0.05, 0) is 42.2 Å². The second-order valence-corrected chi connectivity index (χ2v) is 6.37. The van der Waals surface area contributed by atoms with Crippen LogP contribution in [0, 0.1) is 0 Å². The lowest BCUT2D eigenvalue weighted by atomic mass is 10.0. The number of aryl methyl sites for hydroxylation is 1. The van der Waals surface area contributed by atoms with Gasteiger partial charge in [-0.1, -0.05) is 49.7 Å². The Balaban J connectivity index is 2.09. The van der Waals surface area contributed by atoms with E-state index in [4.69, 9.17) is 11.6 Å². The molecule has 0 aliphatic heterocycles. The molecule has 0 aliphatic rings. The van der Waals surface area contributed by atoms with Crippen LogP contribution < -0.4 is 5.32 Å². The molecule has 0 saturated carbocycles. The lowest BCUT2D eigenvalue weighted by Gasteiger charge is -2.15. The molecule has 2 aromatic carbocycles. The maximum atomic E-state index is 12.3. The van der Waals surface area contributed by atoms with Crippen LogP contribution in [-0.2, 0) is 17.6 Å². The van der Waals surface area contributed by atoms with E-state index < -0.39 is 0 Å². The van der Waals surface area contributed by atoms with E-state index in [9.17, 15) is 4.79 Å². The smallest absolute Gasteiger partial charge is 0.234 e. The van der Waals surface area contributed by atoms with Crippen LogP contribution in [0.5, 0.6) is 0 Å². The summed E-state index contributed by atoms with van der Waals surface area (Å²) in [4.78, 5) is 13.4. The average molecular weight is 334 g/mol. The number of hydrogen-bond donors (Lipinski definition) is 1. The third-order valence-corrected chi connectivity index (χ3v) is 4.82. The van der Waals surface area contributed by atoms with Crippen LogP contribution in [0.3, 0.4) is 0 Å². The van der Waals surface area contributed by atoms with Crippen molar-refractivity contribution in [3.8, 4) is 0 Å². The fourth-order valence-corrected chi connectivity index (χ4v) is 3.32. The van der Waals surface area contributed by atoms with Crippen LogP contribution >= 0.6 is 23.4 Å². The third-order valence-electron chi connectivity index (χ3n) is 3.45. The van der Waals surface area contributed by atoms with Gasteiger partial charge >= 0.3 is 0 Å². The number of amides is 1. The highest BCUT2D eigenvalue weighted by Gasteiger charge is 2.13. The number of thioether (sulfide) groups is 1. The zero-order valence-electron chi connectivity index (χ0n) is 12.9. The van der Waals surface area contributed by atoms with E-state index in [1.807, 2.05) is 42.5 Å². The summed E-state index contributed by atoms with van der Waals surface area (Å²) in [5.41, 5.74) is 3.02. The minimum atomic E-state index is 0.000481. The molecule has 0 aromatic heterocycles. The van der Waals surface area contributed by atoms with Crippen LogP contribution in [-0.4, -0.2) is 11.7 Å². The Labute approximate surface area is 141 Å². The molecule has 4 heteroatoms. The van der Waals surface area contributed by atoms with Gasteiger partial charge in [0.1, 0.15) is 0 Å². The number of hydrogen-bond acceptors (Lipinski definition) is 2. The van der Waals surface area contributed by atoms with Gasteiger partial charge in [-0.15, -0.1) is 11.8 Å². The molecule has 0 heterocycles. The number of carbonyl (C=O) groups excluding carboxylic acids is 1. The molecule has 2 aromatic rings. The Morgan fingerprint density at radius 1 is 1.09 bits per heavy atom. The summed E-state index contributed by atoms with van der Waals surface area (Å²) in [5.74, 6) is 0.392. The van der Waals surface area contributed by atoms with E-state index in [0.717, 1.165) is 34.6 Å². The van der Waals surface area contributed by atoms with Crippen molar-refractivity contribution in [2.24, 2.45) is 0 Å². The van der Waals surface area contributed by atoms with E-state index in [2.05, 4.69) is 19.2 Å². The number of benzene rings is 2. The molecule has 0 spiro atoms. The first-order valence-electron chi connectivity index (χ1n) is 7.43. The quantitative estimate of drug-likeness (QED) is 0.736. The lowest BCUT2D eigenvalue weighted by Crippen LogP contribution is -2.17. The summed E-state index contributed by atoms with van der Waals surface area (Å²) in [5, 5.41) is 3.76. The Morgan fingerprint density at radius 2 is 1.82 bits per heavy atom. The van der Waals surface area contributed by atoms with Gasteiger partial charge in [-0.2, -0.15) is 0 Å². The van der Waals surface area contributed by atoms with Crippen LogP contribution in [0.25, 0.3) is 0 Å². The normalized spacial score (nSPS) is 10.5. The highest BCUT2D eigenvalue weighted by molar-refractivity contribution is 8.00. The van der Waals surface area contributed by atoms with Crippen LogP contribution in [0.1, 0.15) is 25.0 Å². The van der Waals surface area contributed by atoms with Crippen molar-refractivity contribution in [2.45, 2.75) is 31.6 Å². The van der Waals surface area contributed by atoms with E-state index in [0.29, 0.717) is 10.8 Å². The third kappa shape index (κ3) is 4.28. The molecular formula is C18H20ClNOS. The van der Waals surface area contributed by atoms with Crippen molar-refractivity contribution in [2.75, 3.05) is 11.1 Å². The minimum Gasteiger partial charge on any atom is -0.325 e. The highest BCUT2D eigenvalue weighted by Crippen LogP contribution is 2.30. The van der Waals surface area contributed by atoms with Gasteiger partial charge in [0.15, 0.2) is 0 Å². The van der Waals surface area contributed by atoms with Crippen LogP contribution in [0.2, 0.25) is 5.02 Å². The standard InChI is InChI=1S/C18H20ClNOS/c1-3-13-10-11-16(19)15(4-2)18(13)20-17(21)12-22-14-8-6-5-7-9-14/h5-11H,3-4,12H2,1-2H3,(H,20,21). The van der Waals surface area contributed by atoms with Gasteiger partial charge in [-0.3, -0.25) is 4.79 Å². The predicted molar refractivity (Wildman–Crippen MR) is 96.0 cm³/mol. The summed E-state index contributed by atoms with van der Waals surface area (Å²) in [6.45, 7) is 4.13. The number of rotatable bonds is 6. The van der Waals surface area contributed by atoms with Crippen molar-refractivity contribution < 1.29 is 4.79 Å². The molecule has 0 unspecified atom stereocenters. The predicted octanol–water partition coefficient (Wildman–Crippen LogP) is 5.20. The highest BCUT2D eigenvalue weighted by atomic mass is 35.5. The fourth-order valence-electron chi connectivity index (χ4n) is 2.31. The Bertz CT molecular complexity index is 643. The monoisotopic (exact) mass is 333 g/mol. The van der Waals surface area contributed by atoms with Crippen molar-refractivity contribution in [1.82, 2.24) is 0 Å². The molecule has 2 rings (SSSR count).